The topological polar surface area (TPSA) is 121 Å². The number of carbonyl (C=O) groups is 2. The van der Waals surface area contributed by atoms with Gasteiger partial charge in [0, 0.05) is 20.1 Å². The number of sulfonamides is 2. The fourth-order valence-corrected chi connectivity index (χ4v) is 7.19. The lowest BCUT2D eigenvalue weighted by molar-refractivity contribution is 0.0358. The molecule has 10 nitrogen and oxygen atoms in total. The van der Waals surface area contributed by atoms with E-state index in [1.165, 1.54) is 31.3 Å². The number of halogens is 2. The van der Waals surface area contributed by atoms with Gasteiger partial charge in [0.1, 0.15) is 9.79 Å². The number of benzene rings is 2. The van der Waals surface area contributed by atoms with Gasteiger partial charge in [-0.3, -0.25) is 4.79 Å². The van der Waals surface area contributed by atoms with Gasteiger partial charge >= 0.3 is 5.97 Å². The molecule has 0 unspecified atom stereocenters. The second-order valence-electron chi connectivity index (χ2n) is 8.96. The third kappa shape index (κ3) is 5.50. The minimum absolute atomic E-state index is 0.0264. The second kappa shape index (κ2) is 10.9. The first-order chi connectivity index (χ1) is 17.1. The molecule has 202 valence electrons. The molecule has 0 saturated carbocycles. The van der Waals surface area contributed by atoms with E-state index in [0.29, 0.717) is 16.4 Å². The number of likely N-dealkylation sites (N-methyl/N-ethyl adjacent to an activating group) is 2. The Labute approximate surface area is 226 Å². The monoisotopic (exact) mass is 591 g/mol. The fraction of sp³-hybridized carbons (Fsp3) is 0.391. The van der Waals surface area contributed by atoms with E-state index in [2.05, 4.69) is 0 Å². The number of amides is 1. The largest absolute Gasteiger partial charge is 0.439 e. The summed E-state index contributed by atoms with van der Waals surface area (Å²) in [6.07, 6.45) is 0. The van der Waals surface area contributed by atoms with E-state index in [1.54, 1.807) is 25.1 Å². The summed E-state index contributed by atoms with van der Waals surface area (Å²) in [7, 11) is -3.42. The lowest BCUT2D eigenvalue weighted by atomic mass is 9.97. The first-order valence-electron chi connectivity index (χ1n) is 11.1. The Hall–Kier alpha value is -2.22. The van der Waals surface area contributed by atoms with Crippen molar-refractivity contribution in [2.24, 2.45) is 0 Å². The maximum Gasteiger partial charge on any atom is 0.342 e. The molecule has 2 aromatic rings. The van der Waals surface area contributed by atoms with Crippen LogP contribution in [0.25, 0.3) is 0 Å². The Morgan fingerprint density at radius 3 is 2.32 bits per heavy atom. The van der Waals surface area contributed by atoms with Gasteiger partial charge < -0.3 is 9.64 Å². The van der Waals surface area contributed by atoms with Gasteiger partial charge in [-0.05, 0) is 43.8 Å². The molecule has 0 aliphatic carbocycles. The van der Waals surface area contributed by atoms with Gasteiger partial charge in [0.25, 0.3) is 15.9 Å². The molecule has 0 saturated heterocycles. The van der Waals surface area contributed by atoms with Crippen LogP contribution < -0.4 is 0 Å². The van der Waals surface area contributed by atoms with E-state index in [1.807, 2.05) is 13.8 Å². The number of fused-ring (bicyclic) bond motifs is 1. The number of carbonyl (C=O) groups excluding carboxylic acids is 2. The van der Waals surface area contributed by atoms with Crippen LogP contribution in [0.15, 0.2) is 40.1 Å². The molecule has 0 fully saturated rings. The predicted molar refractivity (Wildman–Crippen MR) is 139 cm³/mol. The Balaban J connectivity index is 1.89. The Kier molecular flexibility index (Phi) is 8.62. The molecule has 0 atom stereocenters. The molecule has 14 heteroatoms. The van der Waals surface area contributed by atoms with Crippen molar-refractivity contribution < 1.29 is 31.2 Å². The minimum Gasteiger partial charge on any atom is -0.439 e. The van der Waals surface area contributed by atoms with E-state index < -0.39 is 49.2 Å². The average molecular weight is 593 g/mol. The zero-order valence-corrected chi connectivity index (χ0v) is 24.0. The Morgan fingerprint density at radius 1 is 1.08 bits per heavy atom. The maximum atomic E-state index is 13.1. The zero-order chi connectivity index (χ0) is 27.9. The number of hydrogen-bond acceptors (Lipinski definition) is 8. The van der Waals surface area contributed by atoms with Crippen molar-refractivity contribution >= 4 is 55.1 Å². The lowest BCUT2D eigenvalue weighted by Crippen LogP contribution is -2.34. The van der Waals surface area contributed by atoms with Crippen LogP contribution in [0.5, 0.6) is 0 Å². The molecule has 1 aliphatic heterocycles. The number of esters is 1. The molecule has 0 N–H and O–H groups in total. The highest BCUT2D eigenvalue weighted by atomic mass is 35.5. The van der Waals surface area contributed by atoms with Crippen molar-refractivity contribution in [3.63, 3.8) is 0 Å². The van der Waals surface area contributed by atoms with Gasteiger partial charge in [0.2, 0.25) is 10.0 Å². The molecular formula is C23H27Cl2N3O7S2. The van der Waals surface area contributed by atoms with E-state index in [9.17, 15) is 26.4 Å². The average Bonchev–Trinajstić information content (AvgIpc) is 3.00. The quantitative estimate of drug-likeness (QED) is 0.407. The lowest BCUT2D eigenvalue weighted by Gasteiger charge is -2.21. The molecule has 1 heterocycles. The van der Waals surface area contributed by atoms with Gasteiger partial charge in [0.15, 0.2) is 6.73 Å². The Bertz CT molecular complexity index is 1460. The first-order valence-corrected chi connectivity index (χ1v) is 14.7. The molecule has 0 spiro atoms. The van der Waals surface area contributed by atoms with Gasteiger partial charge in [0.05, 0.1) is 21.2 Å². The highest BCUT2D eigenvalue weighted by Crippen LogP contribution is 2.36. The molecule has 0 aromatic heterocycles. The third-order valence-corrected chi connectivity index (χ3v) is 10.3. The van der Waals surface area contributed by atoms with Crippen molar-refractivity contribution in [1.82, 2.24) is 13.5 Å². The van der Waals surface area contributed by atoms with Crippen molar-refractivity contribution in [3.05, 3.63) is 57.1 Å². The number of rotatable bonds is 9. The van der Waals surface area contributed by atoms with E-state index >= 15 is 0 Å². The Morgan fingerprint density at radius 2 is 1.73 bits per heavy atom. The fourth-order valence-electron chi connectivity index (χ4n) is 3.69. The van der Waals surface area contributed by atoms with Crippen LogP contribution in [-0.4, -0.2) is 83.2 Å². The second-order valence-corrected chi connectivity index (χ2v) is 13.6. The summed E-state index contributed by atoms with van der Waals surface area (Å²) in [5.41, 5.74) is 0.107. The van der Waals surface area contributed by atoms with Crippen molar-refractivity contribution in [2.45, 2.75) is 29.6 Å². The van der Waals surface area contributed by atoms with Gasteiger partial charge in [-0.25, -0.2) is 21.6 Å². The van der Waals surface area contributed by atoms with E-state index in [0.717, 1.165) is 4.31 Å². The van der Waals surface area contributed by atoms with Crippen LogP contribution in [0.3, 0.4) is 0 Å². The summed E-state index contributed by atoms with van der Waals surface area (Å²) in [5, 5.41) is -0.680. The predicted octanol–water partition coefficient (Wildman–Crippen LogP) is 3.26. The minimum atomic E-state index is -4.27. The molecule has 2 aromatic carbocycles. The smallest absolute Gasteiger partial charge is 0.342 e. The van der Waals surface area contributed by atoms with Gasteiger partial charge in [-0.1, -0.05) is 49.2 Å². The number of ether oxygens (including phenoxy) is 1. The maximum absolute atomic E-state index is 13.1. The summed E-state index contributed by atoms with van der Waals surface area (Å²) >= 11 is 12.4. The van der Waals surface area contributed by atoms with Crippen molar-refractivity contribution in [1.29, 1.82) is 0 Å². The summed E-state index contributed by atoms with van der Waals surface area (Å²) in [6.45, 7) is 3.29. The first kappa shape index (κ1) is 29.3. The third-order valence-electron chi connectivity index (χ3n) is 5.81. The van der Waals surface area contributed by atoms with Crippen molar-refractivity contribution in [2.75, 3.05) is 41.0 Å². The highest BCUT2D eigenvalue weighted by molar-refractivity contribution is 7.90. The summed E-state index contributed by atoms with van der Waals surface area (Å²) in [4.78, 5) is 27.2. The summed E-state index contributed by atoms with van der Waals surface area (Å²) in [5.74, 6) is -2.15. The summed E-state index contributed by atoms with van der Waals surface area (Å²) in [6, 6.07) is 6.86. The van der Waals surface area contributed by atoms with Gasteiger partial charge in [-0.15, -0.1) is 0 Å². The van der Waals surface area contributed by atoms with Crippen LogP contribution in [-0.2, 0) is 24.8 Å². The molecular weight excluding hydrogens is 565 g/mol. The SMILES string of the molecule is CC(C)c1cccc2c1C(=O)N(COC(=O)c1c(Cl)ccc(S(=O)(=O)N(C)CCN(C)C)c1Cl)S2(=O)=O. The molecule has 1 amide bonds. The molecule has 3 rings (SSSR count). The molecule has 1 aliphatic rings. The molecule has 0 radical (unpaired) electrons. The van der Waals surface area contributed by atoms with Gasteiger partial charge in [-0.2, -0.15) is 8.61 Å². The van der Waals surface area contributed by atoms with Crippen molar-refractivity contribution in [3.8, 4) is 0 Å². The summed E-state index contributed by atoms with van der Waals surface area (Å²) < 4.78 is 58.7. The van der Waals surface area contributed by atoms with Crippen LogP contribution in [0.4, 0.5) is 0 Å². The number of nitrogens with zero attached hydrogens (tertiary/aromatic N) is 3. The van der Waals surface area contributed by atoms with E-state index in [4.69, 9.17) is 27.9 Å². The zero-order valence-electron chi connectivity index (χ0n) is 20.9. The van der Waals surface area contributed by atoms with Crippen LogP contribution in [0, 0.1) is 0 Å². The molecule has 0 bridgehead atoms. The van der Waals surface area contributed by atoms with Crippen LogP contribution >= 0.6 is 23.2 Å². The normalized spacial score (nSPS) is 15.1. The molecule has 37 heavy (non-hydrogen) atoms. The standard InChI is InChI=1S/C23H27Cl2N3O7S2/c1-14(2)15-7-6-8-17-19(15)22(29)28(37(17,33)34)13-35-23(30)20-16(24)9-10-18(21(20)25)36(31,32)27(5)12-11-26(3)4/h6-10,14H,11-13H2,1-5H3. The highest BCUT2D eigenvalue weighted by Gasteiger charge is 2.43. The van der Waals surface area contributed by atoms with E-state index in [-0.39, 0.29) is 32.8 Å². The van der Waals surface area contributed by atoms with Crippen LogP contribution in [0.1, 0.15) is 46.0 Å². The van der Waals surface area contributed by atoms with Crippen LogP contribution in [0.2, 0.25) is 10.0 Å². The number of hydrogen-bond donors (Lipinski definition) is 0.